The van der Waals surface area contributed by atoms with E-state index in [4.69, 9.17) is 0 Å². The van der Waals surface area contributed by atoms with E-state index < -0.39 is 0 Å². The molecule has 1 aliphatic rings. The summed E-state index contributed by atoms with van der Waals surface area (Å²) >= 11 is 1.67. The number of aromatic nitrogens is 2. The highest BCUT2D eigenvalue weighted by atomic mass is 32.1. The SMILES string of the molecule is Cc1cc2c(=O)nc3n(c2s1)Cc1ccccc1-3. The molecule has 1 aliphatic heterocycles. The minimum atomic E-state index is -0.114. The Bertz CT molecular complexity index is 845. The quantitative estimate of drug-likeness (QED) is 0.483. The van der Waals surface area contributed by atoms with Gasteiger partial charge in [0.25, 0.3) is 5.56 Å². The lowest BCUT2D eigenvalue weighted by atomic mass is 10.1. The van der Waals surface area contributed by atoms with Gasteiger partial charge in [0.2, 0.25) is 0 Å². The van der Waals surface area contributed by atoms with Crippen LogP contribution in [0.1, 0.15) is 10.4 Å². The van der Waals surface area contributed by atoms with Crippen molar-refractivity contribution in [2.45, 2.75) is 13.5 Å². The molecule has 0 atom stereocenters. The van der Waals surface area contributed by atoms with Crippen LogP contribution in [-0.2, 0) is 6.54 Å². The fraction of sp³-hybridized carbons (Fsp3) is 0.143. The lowest BCUT2D eigenvalue weighted by Gasteiger charge is -2.03. The number of rotatable bonds is 0. The van der Waals surface area contributed by atoms with Crippen molar-refractivity contribution in [3.05, 3.63) is 51.1 Å². The van der Waals surface area contributed by atoms with E-state index in [2.05, 4.69) is 15.6 Å². The first kappa shape index (κ1) is 10.0. The zero-order valence-corrected chi connectivity index (χ0v) is 10.6. The third-order valence-corrected chi connectivity index (χ3v) is 4.43. The van der Waals surface area contributed by atoms with Gasteiger partial charge in [0.15, 0.2) is 0 Å². The van der Waals surface area contributed by atoms with Crippen LogP contribution in [-0.4, -0.2) is 9.55 Å². The lowest BCUT2D eigenvalue weighted by Crippen LogP contribution is -2.11. The molecule has 88 valence electrons. The summed E-state index contributed by atoms with van der Waals surface area (Å²) in [6.45, 7) is 2.84. The highest BCUT2D eigenvalue weighted by Crippen LogP contribution is 2.34. The number of aryl methyl sites for hydroxylation is 1. The number of hydrogen-bond acceptors (Lipinski definition) is 3. The Labute approximate surface area is 107 Å². The molecule has 0 saturated heterocycles. The summed E-state index contributed by atoms with van der Waals surface area (Å²) in [5.74, 6) is 0.810. The van der Waals surface area contributed by atoms with Crippen LogP contribution in [0.5, 0.6) is 0 Å². The third kappa shape index (κ3) is 1.18. The second-order valence-corrected chi connectivity index (χ2v) is 5.79. The maximum Gasteiger partial charge on any atom is 0.281 e. The van der Waals surface area contributed by atoms with Crippen LogP contribution in [0.15, 0.2) is 35.1 Å². The molecule has 0 bridgehead atoms. The molecule has 4 rings (SSSR count). The van der Waals surface area contributed by atoms with E-state index in [1.807, 2.05) is 31.2 Å². The minimum absolute atomic E-state index is 0.114. The van der Waals surface area contributed by atoms with Crippen LogP contribution in [0.3, 0.4) is 0 Å². The lowest BCUT2D eigenvalue weighted by molar-refractivity contribution is 0.860. The number of nitrogens with zero attached hydrogens (tertiary/aromatic N) is 2. The molecule has 0 amide bonds. The molecule has 0 N–H and O–H groups in total. The van der Waals surface area contributed by atoms with Crippen molar-refractivity contribution < 1.29 is 0 Å². The van der Waals surface area contributed by atoms with Crippen molar-refractivity contribution >= 4 is 21.6 Å². The van der Waals surface area contributed by atoms with Crippen LogP contribution in [0, 0.1) is 6.92 Å². The zero-order chi connectivity index (χ0) is 12.3. The maximum absolute atomic E-state index is 12.0. The average molecular weight is 254 g/mol. The third-order valence-electron chi connectivity index (χ3n) is 3.36. The van der Waals surface area contributed by atoms with Crippen LogP contribution < -0.4 is 5.56 Å². The highest BCUT2D eigenvalue weighted by Gasteiger charge is 2.22. The molecular weight excluding hydrogens is 244 g/mol. The Hall–Kier alpha value is -1.94. The van der Waals surface area contributed by atoms with Crippen molar-refractivity contribution in [3.63, 3.8) is 0 Å². The van der Waals surface area contributed by atoms with Gasteiger partial charge in [-0.1, -0.05) is 24.3 Å². The van der Waals surface area contributed by atoms with Crippen LogP contribution in [0.4, 0.5) is 0 Å². The predicted molar refractivity (Wildman–Crippen MR) is 73.2 cm³/mol. The van der Waals surface area contributed by atoms with Gasteiger partial charge < -0.3 is 4.57 Å². The van der Waals surface area contributed by atoms with E-state index in [1.165, 1.54) is 5.56 Å². The van der Waals surface area contributed by atoms with Crippen molar-refractivity contribution in [1.29, 1.82) is 0 Å². The molecule has 0 aliphatic carbocycles. The molecule has 0 radical (unpaired) electrons. The molecule has 3 heterocycles. The van der Waals surface area contributed by atoms with Gasteiger partial charge in [0.1, 0.15) is 10.7 Å². The standard InChI is InChI=1S/C14H10N2OS/c1-8-6-11-13(17)15-12-10-5-3-2-4-9(10)7-16(12)14(11)18-8/h2-6H,7H2,1H3. The molecule has 1 aromatic carbocycles. The van der Waals surface area contributed by atoms with Gasteiger partial charge in [-0.3, -0.25) is 4.79 Å². The topological polar surface area (TPSA) is 34.9 Å². The molecule has 0 spiro atoms. The first-order valence-electron chi connectivity index (χ1n) is 5.83. The Morgan fingerprint density at radius 3 is 3.06 bits per heavy atom. The number of benzene rings is 1. The molecule has 0 saturated carbocycles. The monoisotopic (exact) mass is 254 g/mol. The van der Waals surface area contributed by atoms with Crippen molar-refractivity contribution in [2.75, 3.05) is 0 Å². The van der Waals surface area contributed by atoms with E-state index >= 15 is 0 Å². The van der Waals surface area contributed by atoms with Gasteiger partial charge in [-0.05, 0) is 18.6 Å². The van der Waals surface area contributed by atoms with Gasteiger partial charge in [0, 0.05) is 10.4 Å². The summed E-state index contributed by atoms with van der Waals surface area (Å²) in [5, 5.41) is 0.744. The fourth-order valence-corrected chi connectivity index (χ4v) is 3.57. The number of fused-ring (bicyclic) bond motifs is 5. The van der Waals surface area contributed by atoms with Gasteiger partial charge in [-0.15, -0.1) is 11.3 Å². The Morgan fingerprint density at radius 2 is 2.17 bits per heavy atom. The van der Waals surface area contributed by atoms with Gasteiger partial charge in [0.05, 0.1) is 11.9 Å². The average Bonchev–Trinajstić information content (AvgIpc) is 2.91. The summed E-state index contributed by atoms with van der Waals surface area (Å²) in [6.07, 6.45) is 0. The van der Waals surface area contributed by atoms with Gasteiger partial charge >= 0.3 is 0 Å². The first-order chi connectivity index (χ1) is 8.74. The van der Waals surface area contributed by atoms with E-state index in [9.17, 15) is 4.79 Å². The van der Waals surface area contributed by atoms with E-state index in [1.54, 1.807) is 11.3 Å². The smallest absolute Gasteiger partial charge is 0.281 e. The minimum Gasteiger partial charge on any atom is -0.312 e. The number of hydrogen-bond donors (Lipinski definition) is 0. The van der Waals surface area contributed by atoms with E-state index in [0.29, 0.717) is 0 Å². The van der Waals surface area contributed by atoms with Crippen molar-refractivity contribution in [1.82, 2.24) is 9.55 Å². The highest BCUT2D eigenvalue weighted by molar-refractivity contribution is 7.18. The van der Waals surface area contributed by atoms with Crippen LogP contribution in [0.25, 0.3) is 21.6 Å². The summed E-state index contributed by atoms with van der Waals surface area (Å²) < 4.78 is 2.15. The second kappa shape index (κ2) is 3.29. The summed E-state index contributed by atoms with van der Waals surface area (Å²) in [7, 11) is 0. The molecular formula is C14H10N2OS. The second-order valence-electron chi connectivity index (χ2n) is 4.56. The molecule has 3 aromatic rings. The Kier molecular flexibility index (Phi) is 1.84. The van der Waals surface area contributed by atoms with Gasteiger partial charge in [-0.25, -0.2) is 0 Å². The first-order valence-corrected chi connectivity index (χ1v) is 6.65. The van der Waals surface area contributed by atoms with Crippen molar-refractivity contribution in [3.8, 4) is 11.4 Å². The zero-order valence-electron chi connectivity index (χ0n) is 9.80. The fourth-order valence-electron chi connectivity index (χ4n) is 2.57. The maximum atomic E-state index is 12.0. The van der Waals surface area contributed by atoms with Crippen LogP contribution in [0.2, 0.25) is 0 Å². The summed E-state index contributed by atoms with van der Waals surface area (Å²) in [6, 6.07) is 10.1. The summed E-state index contributed by atoms with van der Waals surface area (Å²) in [4.78, 5) is 18.5. The molecule has 0 unspecified atom stereocenters. The van der Waals surface area contributed by atoms with Crippen molar-refractivity contribution in [2.24, 2.45) is 0 Å². The van der Waals surface area contributed by atoms with E-state index in [0.717, 1.165) is 33.0 Å². The number of thiophene rings is 1. The molecule has 0 fully saturated rings. The largest absolute Gasteiger partial charge is 0.312 e. The Morgan fingerprint density at radius 1 is 1.33 bits per heavy atom. The normalized spacial score (nSPS) is 12.7. The Balaban J connectivity index is 2.17. The molecule has 18 heavy (non-hydrogen) atoms. The van der Waals surface area contributed by atoms with Gasteiger partial charge in [-0.2, -0.15) is 4.98 Å². The molecule has 4 heteroatoms. The summed E-state index contributed by atoms with van der Waals surface area (Å²) in [5.41, 5.74) is 2.21. The molecule has 3 nitrogen and oxygen atoms in total. The van der Waals surface area contributed by atoms with E-state index in [-0.39, 0.29) is 5.56 Å². The predicted octanol–water partition coefficient (Wildman–Crippen LogP) is 2.80. The molecule has 2 aromatic heterocycles. The van der Waals surface area contributed by atoms with Crippen LogP contribution >= 0.6 is 11.3 Å².